The molecule has 0 atom stereocenters. The van der Waals surface area contributed by atoms with Gasteiger partial charge in [0.25, 0.3) is 11.8 Å². The van der Waals surface area contributed by atoms with Gasteiger partial charge >= 0.3 is 6.18 Å². The number of rotatable bonds is 3. The smallest absolute Gasteiger partial charge is 0.352 e. The summed E-state index contributed by atoms with van der Waals surface area (Å²) < 4.78 is 38.4. The number of carbonyl (C=O) groups is 3. The molecule has 2 aliphatic rings. The van der Waals surface area contributed by atoms with Crippen molar-refractivity contribution in [2.45, 2.75) is 13.1 Å². The second-order valence-electron chi connectivity index (χ2n) is 7.64. The van der Waals surface area contributed by atoms with Gasteiger partial charge in [0.1, 0.15) is 12.4 Å². The predicted molar refractivity (Wildman–Crippen MR) is 110 cm³/mol. The molecule has 0 radical (unpaired) electrons. The van der Waals surface area contributed by atoms with Crippen LogP contribution in [0.3, 0.4) is 0 Å². The number of hydrogen-bond acceptors (Lipinski definition) is 5. The molecule has 0 unspecified atom stereocenters. The molecule has 0 bridgehead atoms. The largest absolute Gasteiger partial charge is 0.417 e. The highest BCUT2D eigenvalue weighted by Gasteiger charge is 2.38. The van der Waals surface area contributed by atoms with Crippen LogP contribution in [0.25, 0.3) is 0 Å². The van der Waals surface area contributed by atoms with Crippen LogP contribution < -0.4 is 4.90 Å². The maximum atomic E-state index is 12.8. The molecule has 168 valence electrons. The first-order chi connectivity index (χ1) is 15.1. The fourth-order valence-electron chi connectivity index (χ4n) is 3.77. The third-order valence-electron chi connectivity index (χ3n) is 5.50. The number of aromatic nitrogens is 1. The number of carbonyl (C=O) groups excluding carboxylic acids is 3. The summed E-state index contributed by atoms with van der Waals surface area (Å²) in [5.41, 5.74) is 0.470. The Hall–Kier alpha value is -3.14. The molecule has 0 aliphatic carbocycles. The Morgan fingerprint density at radius 3 is 2.34 bits per heavy atom. The minimum Gasteiger partial charge on any atom is -0.352 e. The quantitative estimate of drug-likeness (QED) is 0.650. The van der Waals surface area contributed by atoms with Gasteiger partial charge in [-0.1, -0.05) is 23.2 Å². The summed E-state index contributed by atoms with van der Waals surface area (Å²) in [5.74, 6) is -1.18. The van der Waals surface area contributed by atoms with Gasteiger partial charge in [-0.2, -0.15) is 13.2 Å². The van der Waals surface area contributed by atoms with Gasteiger partial charge in [-0.25, -0.2) is 4.98 Å². The molecule has 4 rings (SSSR count). The van der Waals surface area contributed by atoms with Gasteiger partial charge in [0, 0.05) is 32.4 Å². The molecule has 2 aliphatic heterocycles. The molecule has 11 heteroatoms. The number of piperazine rings is 1. The molecule has 32 heavy (non-hydrogen) atoms. The molecule has 1 aromatic carbocycles. The van der Waals surface area contributed by atoms with E-state index in [9.17, 15) is 27.6 Å². The number of benzene rings is 1. The maximum absolute atomic E-state index is 12.8. The normalized spacial score (nSPS) is 16.6. The minimum atomic E-state index is -4.54. The van der Waals surface area contributed by atoms with Crippen molar-refractivity contribution in [2.75, 3.05) is 37.6 Å². The summed E-state index contributed by atoms with van der Waals surface area (Å²) in [7, 11) is 0. The topological polar surface area (TPSA) is 73.8 Å². The molecule has 1 saturated heterocycles. The van der Waals surface area contributed by atoms with Crippen LogP contribution in [-0.4, -0.2) is 65.2 Å². The number of alkyl halides is 3. The van der Waals surface area contributed by atoms with E-state index in [0.717, 1.165) is 22.7 Å². The zero-order chi connectivity index (χ0) is 23.2. The minimum absolute atomic E-state index is 0.124. The van der Waals surface area contributed by atoms with E-state index in [1.54, 1.807) is 23.1 Å². The van der Waals surface area contributed by atoms with Crippen molar-refractivity contribution in [3.63, 3.8) is 0 Å². The number of fused-ring (bicyclic) bond motifs is 1. The third kappa shape index (κ3) is 4.02. The Labute approximate surface area is 186 Å². The number of amides is 3. The van der Waals surface area contributed by atoms with Crippen LogP contribution in [0, 0.1) is 6.92 Å². The van der Waals surface area contributed by atoms with Crippen LogP contribution in [0.2, 0.25) is 5.02 Å². The highest BCUT2D eigenvalue weighted by molar-refractivity contribution is 6.33. The van der Waals surface area contributed by atoms with Crippen LogP contribution in [0.5, 0.6) is 0 Å². The van der Waals surface area contributed by atoms with Gasteiger partial charge < -0.3 is 9.80 Å². The van der Waals surface area contributed by atoms with Crippen LogP contribution in [0.4, 0.5) is 19.0 Å². The maximum Gasteiger partial charge on any atom is 0.417 e. The number of nitrogens with zero attached hydrogens (tertiary/aromatic N) is 4. The fraction of sp³-hybridized carbons (Fsp3) is 0.333. The summed E-state index contributed by atoms with van der Waals surface area (Å²) in [6.07, 6.45) is -3.81. The lowest BCUT2D eigenvalue weighted by atomic mass is 10.1. The zero-order valence-corrected chi connectivity index (χ0v) is 17.7. The highest BCUT2D eigenvalue weighted by Crippen LogP contribution is 2.33. The van der Waals surface area contributed by atoms with Gasteiger partial charge in [-0.3, -0.25) is 19.3 Å². The van der Waals surface area contributed by atoms with E-state index in [1.165, 1.54) is 4.90 Å². The molecule has 3 heterocycles. The van der Waals surface area contributed by atoms with Crippen molar-refractivity contribution < 1.29 is 27.6 Å². The van der Waals surface area contributed by atoms with E-state index in [-0.39, 0.29) is 47.5 Å². The summed E-state index contributed by atoms with van der Waals surface area (Å²) in [6, 6.07) is 5.76. The molecule has 1 fully saturated rings. The van der Waals surface area contributed by atoms with Gasteiger partial charge in [-0.15, -0.1) is 0 Å². The molecule has 0 saturated carbocycles. The van der Waals surface area contributed by atoms with E-state index in [1.807, 2.05) is 6.92 Å². The van der Waals surface area contributed by atoms with E-state index in [0.29, 0.717) is 13.1 Å². The number of halogens is 4. The number of pyridine rings is 1. The van der Waals surface area contributed by atoms with Crippen molar-refractivity contribution in [3.8, 4) is 0 Å². The van der Waals surface area contributed by atoms with E-state index in [2.05, 4.69) is 4.98 Å². The van der Waals surface area contributed by atoms with Crippen molar-refractivity contribution in [2.24, 2.45) is 0 Å². The number of aryl methyl sites for hydroxylation is 1. The second-order valence-corrected chi connectivity index (χ2v) is 8.05. The molecule has 3 amide bonds. The van der Waals surface area contributed by atoms with Crippen molar-refractivity contribution in [3.05, 3.63) is 57.7 Å². The van der Waals surface area contributed by atoms with Crippen molar-refractivity contribution >= 4 is 35.1 Å². The average molecular weight is 467 g/mol. The Morgan fingerprint density at radius 1 is 1.06 bits per heavy atom. The predicted octanol–water partition coefficient (Wildman–Crippen LogP) is 3.01. The monoisotopic (exact) mass is 466 g/mol. The van der Waals surface area contributed by atoms with Crippen LogP contribution >= 0.6 is 11.6 Å². The molecular weight excluding hydrogens is 449 g/mol. The van der Waals surface area contributed by atoms with Crippen LogP contribution in [-0.2, 0) is 11.0 Å². The van der Waals surface area contributed by atoms with Gasteiger partial charge in [0.15, 0.2) is 0 Å². The molecule has 1 aromatic heterocycles. The highest BCUT2D eigenvalue weighted by atomic mass is 35.5. The Morgan fingerprint density at radius 2 is 1.72 bits per heavy atom. The first-order valence-corrected chi connectivity index (χ1v) is 10.2. The lowest BCUT2D eigenvalue weighted by Crippen LogP contribution is -2.52. The average Bonchev–Trinajstić information content (AvgIpc) is 2.97. The summed E-state index contributed by atoms with van der Waals surface area (Å²) in [6.45, 7) is 2.53. The Kier molecular flexibility index (Phi) is 5.58. The van der Waals surface area contributed by atoms with E-state index in [4.69, 9.17) is 11.6 Å². The standard InChI is InChI=1S/C21H18ClF3N4O3/c1-12-2-3-14-15(8-12)20(32)29(19(14)31)11-17(30)27-4-6-28(7-5-27)18-16(22)9-13(10-26-18)21(23,24)25/h2-3,8-10H,4-7,11H2,1H3. The van der Waals surface area contributed by atoms with Crippen molar-refractivity contribution in [1.82, 2.24) is 14.8 Å². The summed E-state index contributed by atoms with van der Waals surface area (Å²) >= 11 is 6.00. The third-order valence-corrected chi connectivity index (χ3v) is 5.78. The first kappa shape index (κ1) is 22.1. The summed E-state index contributed by atoms with van der Waals surface area (Å²) in [5, 5.41) is -0.124. The molecule has 0 N–H and O–H groups in total. The lowest BCUT2D eigenvalue weighted by molar-refractivity contribution is -0.137. The molecular formula is C21H18ClF3N4O3. The van der Waals surface area contributed by atoms with E-state index >= 15 is 0 Å². The fourth-order valence-corrected chi connectivity index (χ4v) is 4.06. The first-order valence-electron chi connectivity index (χ1n) is 9.78. The van der Waals surface area contributed by atoms with Crippen molar-refractivity contribution in [1.29, 1.82) is 0 Å². The van der Waals surface area contributed by atoms with Gasteiger partial charge in [0.2, 0.25) is 5.91 Å². The SMILES string of the molecule is Cc1ccc2c(c1)C(=O)N(CC(=O)N1CCN(c3ncc(C(F)(F)F)cc3Cl)CC1)C2=O. The van der Waals surface area contributed by atoms with Crippen LogP contribution in [0.1, 0.15) is 31.8 Å². The van der Waals surface area contributed by atoms with Gasteiger partial charge in [0.05, 0.1) is 21.7 Å². The number of anilines is 1. The zero-order valence-electron chi connectivity index (χ0n) is 16.9. The Bertz CT molecular complexity index is 1110. The van der Waals surface area contributed by atoms with Gasteiger partial charge in [-0.05, 0) is 25.1 Å². The van der Waals surface area contributed by atoms with Crippen LogP contribution in [0.15, 0.2) is 30.5 Å². The summed E-state index contributed by atoms with van der Waals surface area (Å²) in [4.78, 5) is 45.8. The molecule has 0 spiro atoms. The van der Waals surface area contributed by atoms with E-state index < -0.39 is 23.6 Å². The number of hydrogen-bond donors (Lipinski definition) is 0. The lowest BCUT2D eigenvalue weighted by Gasteiger charge is -2.36. The second kappa shape index (κ2) is 8.09. The molecule has 2 aromatic rings. The Balaban J connectivity index is 1.38. The number of imide groups is 1. The molecule has 7 nitrogen and oxygen atoms in total.